The number of hydrogen-bond donors (Lipinski definition) is 1. The van der Waals surface area contributed by atoms with E-state index in [2.05, 4.69) is 21.6 Å². The van der Waals surface area contributed by atoms with E-state index in [1.54, 1.807) is 6.07 Å². The van der Waals surface area contributed by atoms with Crippen LogP contribution in [0.1, 0.15) is 19.8 Å². The maximum atomic E-state index is 12.5. The van der Waals surface area contributed by atoms with Gasteiger partial charge in [0.15, 0.2) is 0 Å². The molecule has 1 N–H and O–H groups in total. The first kappa shape index (κ1) is 22.2. The average molecular weight is 456 g/mol. The fraction of sp³-hybridized carbons (Fsp3) is 0.429. The van der Waals surface area contributed by atoms with Crippen LogP contribution in [0.4, 0.5) is 11.4 Å². The number of rotatable bonds is 7. The number of halogens is 2. The van der Waals surface area contributed by atoms with Gasteiger partial charge in [-0.2, -0.15) is 0 Å². The summed E-state index contributed by atoms with van der Waals surface area (Å²) in [6, 6.07) is 11.3. The summed E-state index contributed by atoms with van der Waals surface area (Å²) in [7, 11) is -1.38. The first-order valence-corrected chi connectivity index (χ1v) is 12.2. The number of nitrogens with zero attached hydrogens (tertiary/aromatic N) is 2. The molecule has 2 aromatic carbocycles. The van der Waals surface area contributed by atoms with Crippen LogP contribution >= 0.6 is 23.2 Å². The van der Waals surface area contributed by atoms with Crippen molar-refractivity contribution in [3.63, 3.8) is 0 Å². The van der Waals surface area contributed by atoms with Gasteiger partial charge in [-0.3, -0.25) is 4.72 Å². The van der Waals surface area contributed by atoms with Gasteiger partial charge in [0.2, 0.25) is 10.0 Å². The van der Waals surface area contributed by atoms with Gasteiger partial charge in [0.25, 0.3) is 0 Å². The molecule has 0 unspecified atom stereocenters. The Kier molecular flexibility index (Phi) is 7.32. The van der Waals surface area contributed by atoms with Gasteiger partial charge in [-0.05, 0) is 31.7 Å². The lowest BCUT2D eigenvalue weighted by molar-refractivity contribution is 0.313. The molecule has 0 aromatic heterocycles. The van der Waals surface area contributed by atoms with Crippen LogP contribution in [-0.4, -0.2) is 52.3 Å². The number of piperazine rings is 1. The van der Waals surface area contributed by atoms with Crippen LogP contribution in [0, 0.1) is 0 Å². The second-order valence-corrected chi connectivity index (χ2v) is 10.0. The Bertz CT molecular complexity index is 958. The largest absolute Gasteiger partial charge is 0.369 e. The second kappa shape index (κ2) is 9.56. The van der Waals surface area contributed by atoms with Crippen LogP contribution < -0.4 is 9.62 Å². The molecule has 0 atom stereocenters. The van der Waals surface area contributed by atoms with E-state index in [-0.39, 0.29) is 5.75 Å². The van der Waals surface area contributed by atoms with Crippen molar-refractivity contribution in [1.29, 1.82) is 0 Å². The maximum Gasteiger partial charge on any atom is 0.232 e. The van der Waals surface area contributed by atoms with E-state index in [0.29, 0.717) is 22.2 Å². The summed E-state index contributed by atoms with van der Waals surface area (Å²) in [6.45, 7) is 5.58. The third-order valence-corrected chi connectivity index (χ3v) is 7.22. The zero-order valence-electron chi connectivity index (χ0n) is 16.8. The molecular weight excluding hydrogens is 429 g/mol. The number of sulfonamides is 1. The molecule has 1 aliphatic rings. The summed E-state index contributed by atoms with van der Waals surface area (Å²) in [4.78, 5) is 4.52. The molecule has 0 spiro atoms. The second-order valence-electron chi connectivity index (χ2n) is 7.40. The summed E-state index contributed by atoms with van der Waals surface area (Å²) < 4.78 is 27.8. The van der Waals surface area contributed by atoms with E-state index in [1.807, 2.05) is 37.3 Å². The predicted molar refractivity (Wildman–Crippen MR) is 124 cm³/mol. The highest BCUT2D eigenvalue weighted by molar-refractivity contribution is 7.92. The van der Waals surface area contributed by atoms with Gasteiger partial charge in [-0.25, -0.2) is 8.42 Å². The third-order valence-electron chi connectivity index (χ3n) is 5.12. The fourth-order valence-corrected chi connectivity index (χ4v) is 5.18. The zero-order chi connectivity index (χ0) is 21.0. The summed E-state index contributed by atoms with van der Waals surface area (Å²) >= 11 is 13.1. The van der Waals surface area contributed by atoms with Crippen molar-refractivity contribution < 1.29 is 8.42 Å². The van der Waals surface area contributed by atoms with Gasteiger partial charge >= 0.3 is 0 Å². The van der Waals surface area contributed by atoms with Crippen molar-refractivity contribution >= 4 is 44.6 Å². The molecule has 1 heterocycles. The van der Waals surface area contributed by atoms with E-state index in [0.717, 1.165) is 49.4 Å². The quantitative estimate of drug-likeness (QED) is 0.641. The van der Waals surface area contributed by atoms with E-state index in [4.69, 9.17) is 23.2 Å². The highest BCUT2D eigenvalue weighted by atomic mass is 35.5. The minimum Gasteiger partial charge on any atom is -0.369 e. The Balaban J connectivity index is 2.06. The van der Waals surface area contributed by atoms with Crippen molar-refractivity contribution in [2.75, 3.05) is 48.6 Å². The topological polar surface area (TPSA) is 52.7 Å². The normalized spacial score (nSPS) is 15.5. The van der Waals surface area contributed by atoms with Crippen LogP contribution in [0.5, 0.6) is 0 Å². The van der Waals surface area contributed by atoms with Gasteiger partial charge in [0.1, 0.15) is 0 Å². The van der Waals surface area contributed by atoms with Crippen molar-refractivity contribution in [2.24, 2.45) is 0 Å². The van der Waals surface area contributed by atoms with Crippen molar-refractivity contribution in [1.82, 2.24) is 4.90 Å². The van der Waals surface area contributed by atoms with E-state index < -0.39 is 10.0 Å². The summed E-state index contributed by atoms with van der Waals surface area (Å²) in [5, 5.41) is 0.931. The summed E-state index contributed by atoms with van der Waals surface area (Å²) in [5.41, 5.74) is 2.84. The molecule has 0 saturated carbocycles. The maximum absolute atomic E-state index is 12.5. The molecule has 0 radical (unpaired) electrons. The minimum atomic E-state index is -3.48. The van der Waals surface area contributed by atoms with E-state index in [9.17, 15) is 8.42 Å². The smallest absolute Gasteiger partial charge is 0.232 e. The van der Waals surface area contributed by atoms with Crippen LogP contribution in [0.25, 0.3) is 11.1 Å². The minimum absolute atomic E-state index is 0.0694. The monoisotopic (exact) mass is 455 g/mol. The van der Waals surface area contributed by atoms with Crippen molar-refractivity contribution in [3.8, 4) is 11.1 Å². The van der Waals surface area contributed by atoms with E-state index in [1.165, 1.54) is 0 Å². The third kappa shape index (κ3) is 5.57. The Morgan fingerprint density at radius 1 is 1.03 bits per heavy atom. The molecular formula is C21H27Cl2N3O2S. The molecule has 1 saturated heterocycles. The number of likely N-dealkylation sites (N-methyl/N-ethyl adjacent to an activating group) is 1. The highest BCUT2D eigenvalue weighted by Gasteiger charge is 2.21. The first-order valence-electron chi connectivity index (χ1n) is 9.83. The van der Waals surface area contributed by atoms with Crippen LogP contribution in [0.3, 0.4) is 0 Å². The SMILES string of the molecule is CCCCS(=O)(=O)Nc1cc(N2CCN(C)CC2)cc(-c2ccccc2Cl)c1Cl. The zero-order valence-corrected chi connectivity index (χ0v) is 19.1. The predicted octanol–water partition coefficient (Wildman–Crippen LogP) is 4.95. The average Bonchev–Trinajstić information content (AvgIpc) is 2.69. The number of hydrogen-bond acceptors (Lipinski definition) is 4. The molecule has 0 aliphatic carbocycles. The lowest BCUT2D eigenvalue weighted by atomic mass is 10.0. The van der Waals surface area contributed by atoms with Gasteiger partial charge in [-0.15, -0.1) is 0 Å². The molecule has 2 aromatic rings. The number of benzene rings is 2. The molecule has 5 nitrogen and oxygen atoms in total. The molecule has 0 bridgehead atoms. The summed E-state index contributed by atoms with van der Waals surface area (Å²) in [5.74, 6) is 0.0694. The van der Waals surface area contributed by atoms with Crippen molar-refractivity contribution in [2.45, 2.75) is 19.8 Å². The Hall–Kier alpha value is -1.47. The fourth-order valence-electron chi connectivity index (χ4n) is 3.36. The molecule has 158 valence electrons. The molecule has 1 fully saturated rings. The standard InChI is InChI=1S/C21H27Cl2N3O2S/c1-3-4-13-29(27,28)24-20-15-16(26-11-9-25(2)10-12-26)14-18(21(20)23)17-7-5-6-8-19(17)22/h5-8,14-15,24H,3-4,9-13H2,1-2H3. The Labute approximate surface area is 183 Å². The molecule has 3 rings (SSSR count). The Morgan fingerprint density at radius 2 is 1.72 bits per heavy atom. The number of anilines is 2. The number of nitrogens with one attached hydrogen (secondary N) is 1. The lowest BCUT2D eigenvalue weighted by Crippen LogP contribution is -2.44. The van der Waals surface area contributed by atoms with Gasteiger partial charge in [0, 0.05) is 48.0 Å². The van der Waals surface area contributed by atoms with Gasteiger partial charge < -0.3 is 9.80 Å². The van der Waals surface area contributed by atoms with Crippen LogP contribution in [-0.2, 0) is 10.0 Å². The molecule has 1 aliphatic heterocycles. The Morgan fingerprint density at radius 3 is 2.38 bits per heavy atom. The highest BCUT2D eigenvalue weighted by Crippen LogP contribution is 2.41. The molecule has 0 amide bonds. The molecule has 29 heavy (non-hydrogen) atoms. The molecule has 8 heteroatoms. The lowest BCUT2D eigenvalue weighted by Gasteiger charge is -2.34. The summed E-state index contributed by atoms with van der Waals surface area (Å²) in [6.07, 6.45) is 1.41. The van der Waals surface area contributed by atoms with E-state index >= 15 is 0 Å². The van der Waals surface area contributed by atoms with Gasteiger partial charge in [0.05, 0.1) is 16.5 Å². The van der Waals surface area contributed by atoms with Crippen LogP contribution in [0.15, 0.2) is 36.4 Å². The number of unbranched alkanes of at least 4 members (excludes halogenated alkanes) is 1. The van der Waals surface area contributed by atoms with Gasteiger partial charge in [-0.1, -0.05) is 54.7 Å². The first-order chi connectivity index (χ1) is 13.8. The van der Waals surface area contributed by atoms with Crippen molar-refractivity contribution in [3.05, 3.63) is 46.4 Å². The van der Waals surface area contributed by atoms with Crippen LogP contribution in [0.2, 0.25) is 10.0 Å².